The number of carbonyl (C=O) groups is 1. The number of nitrogens with one attached hydrogen (secondary N) is 2. The number of fused-ring (bicyclic) bond motifs is 1. The van der Waals surface area contributed by atoms with E-state index < -0.39 is 5.91 Å². The molecule has 0 unspecified atom stereocenters. The van der Waals surface area contributed by atoms with Crippen LogP contribution in [-0.2, 0) is 5.54 Å². The van der Waals surface area contributed by atoms with Crippen LogP contribution in [0.3, 0.4) is 0 Å². The normalized spacial score (nSPS) is 12.0. The Morgan fingerprint density at radius 2 is 2.00 bits per heavy atom. The Balaban J connectivity index is 1.78. The summed E-state index contributed by atoms with van der Waals surface area (Å²) in [5.74, 6) is -0.507. The first kappa shape index (κ1) is 16.6. The fraction of sp³-hybridized carbons (Fsp3) is 0.235. The Bertz CT molecular complexity index is 1010. The Morgan fingerprint density at radius 1 is 1.28 bits per heavy atom. The third-order valence-corrected chi connectivity index (χ3v) is 3.58. The Hall–Kier alpha value is -3.29. The van der Waals surface area contributed by atoms with Gasteiger partial charge in [-0.1, -0.05) is 18.2 Å². The average molecular weight is 338 g/mol. The third-order valence-electron chi connectivity index (χ3n) is 3.58. The molecule has 3 aromatic rings. The van der Waals surface area contributed by atoms with Gasteiger partial charge in [0.2, 0.25) is 0 Å². The predicted molar refractivity (Wildman–Crippen MR) is 94.6 cm³/mol. The molecule has 8 nitrogen and oxygen atoms in total. The van der Waals surface area contributed by atoms with E-state index in [0.717, 1.165) is 5.56 Å². The SMILES string of the molecule is CC(C)(C)n1cc(/C=N/NC(=O)c2n[nH]c(=O)c3ccccc23)cn1. The summed E-state index contributed by atoms with van der Waals surface area (Å²) in [5.41, 5.74) is 2.81. The summed E-state index contributed by atoms with van der Waals surface area (Å²) in [5, 5.41) is 15.2. The molecule has 2 N–H and O–H groups in total. The molecule has 0 aliphatic carbocycles. The minimum absolute atomic E-state index is 0.109. The van der Waals surface area contributed by atoms with Crippen molar-refractivity contribution in [3.8, 4) is 0 Å². The molecule has 128 valence electrons. The summed E-state index contributed by atoms with van der Waals surface area (Å²) < 4.78 is 1.81. The molecule has 0 spiro atoms. The van der Waals surface area contributed by atoms with Gasteiger partial charge in [-0.05, 0) is 26.8 Å². The smallest absolute Gasteiger partial charge is 0.267 e. The number of aromatic amines is 1. The first-order chi connectivity index (χ1) is 11.9. The summed E-state index contributed by atoms with van der Waals surface area (Å²) in [6.07, 6.45) is 5.00. The van der Waals surface area contributed by atoms with Crippen LogP contribution in [0.15, 0.2) is 46.6 Å². The highest BCUT2D eigenvalue weighted by Crippen LogP contribution is 2.13. The Labute approximate surface area is 143 Å². The van der Waals surface area contributed by atoms with Crippen molar-refractivity contribution in [2.75, 3.05) is 0 Å². The third kappa shape index (κ3) is 3.47. The molecule has 2 heterocycles. The van der Waals surface area contributed by atoms with Crippen LogP contribution >= 0.6 is 0 Å². The summed E-state index contributed by atoms with van der Waals surface area (Å²) in [6.45, 7) is 6.11. The maximum atomic E-state index is 12.3. The molecule has 0 bridgehead atoms. The molecule has 3 rings (SSSR count). The molecule has 0 radical (unpaired) electrons. The standard InChI is InChI=1S/C17H18N6O2/c1-17(2,3)23-10-11(9-19-23)8-18-21-16(25)14-12-6-4-5-7-13(12)15(24)22-20-14/h4-10H,1-3H3,(H,21,25)(H,22,24)/b18-8+. The number of H-pyrrole nitrogens is 1. The van der Waals surface area contributed by atoms with E-state index in [2.05, 4.69) is 25.8 Å². The quantitative estimate of drug-likeness (QED) is 0.559. The first-order valence-corrected chi connectivity index (χ1v) is 7.72. The van der Waals surface area contributed by atoms with E-state index in [1.807, 2.05) is 31.6 Å². The Kier molecular flexibility index (Phi) is 4.18. The maximum Gasteiger partial charge on any atom is 0.292 e. The second kappa shape index (κ2) is 6.31. The van der Waals surface area contributed by atoms with E-state index in [1.165, 1.54) is 6.21 Å². The second-order valence-corrected chi connectivity index (χ2v) is 6.54. The average Bonchev–Trinajstić information content (AvgIpc) is 3.04. The van der Waals surface area contributed by atoms with Crippen LogP contribution < -0.4 is 11.0 Å². The van der Waals surface area contributed by atoms with Gasteiger partial charge in [-0.2, -0.15) is 15.3 Å². The summed E-state index contributed by atoms with van der Waals surface area (Å²) >= 11 is 0. The topological polar surface area (TPSA) is 105 Å². The van der Waals surface area contributed by atoms with Crippen molar-refractivity contribution in [1.82, 2.24) is 25.4 Å². The Morgan fingerprint density at radius 3 is 2.68 bits per heavy atom. The fourth-order valence-corrected chi connectivity index (χ4v) is 2.28. The zero-order chi connectivity index (χ0) is 18.0. The number of nitrogens with zero attached hydrogens (tertiary/aromatic N) is 4. The van der Waals surface area contributed by atoms with Crippen molar-refractivity contribution >= 4 is 22.9 Å². The summed E-state index contributed by atoms with van der Waals surface area (Å²) in [6, 6.07) is 6.77. The fourth-order valence-electron chi connectivity index (χ4n) is 2.28. The number of amides is 1. The number of aromatic nitrogens is 4. The van der Waals surface area contributed by atoms with Crippen LogP contribution in [0.4, 0.5) is 0 Å². The van der Waals surface area contributed by atoms with Crippen LogP contribution in [0.2, 0.25) is 0 Å². The molecule has 1 aromatic carbocycles. The van der Waals surface area contributed by atoms with Crippen molar-refractivity contribution in [3.63, 3.8) is 0 Å². The van der Waals surface area contributed by atoms with Crippen molar-refractivity contribution in [2.45, 2.75) is 26.3 Å². The largest absolute Gasteiger partial charge is 0.292 e. The molecule has 0 saturated carbocycles. The van der Waals surface area contributed by atoms with Crippen LogP contribution in [0.1, 0.15) is 36.8 Å². The van der Waals surface area contributed by atoms with Crippen molar-refractivity contribution in [2.24, 2.45) is 5.10 Å². The van der Waals surface area contributed by atoms with Crippen molar-refractivity contribution in [3.05, 3.63) is 58.3 Å². The lowest BCUT2D eigenvalue weighted by Crippen LogP contribution is -2.22. The maximum absolute atomic E-state index is 12.3. The molecule has 0 saturated heterocycles. The highest BCUT2D eigenvalue weighted by molar-refractivity contribution is 6.04. The number of carbonyl (C=O) groups excluding carboxylic acids is 1. The van der Waals surface area contributed by atoms with Gasteiger partial charge < -0.3 is 0 Å². The molecular formula is C17H18N6O2. The second-order valence-electron chi connectivity index (χ2n) is 6.54. The molecular weight excluding hydrogens is 320 g/mol. The zero-order valence-corrected chi connectivity index (χ0v) is 14.1. The molecule has 1 amide bonds. The lowest BCUT2D eigenvalue weighted by atomic mass is 10.1. The van der Waals surface area contributed by atoms with Crippen LogP contribution in [0, 0.1) is 0 Å². The monoisotopic (exact) mass is 338 g/mol. The molecule has 0 aliphatic rings. The minimum Gasteiger partial charge on any atom is -0.267 e. The molecule has 8 heteroatoms. The van der Waals surface area contributed by atoms with Gasteiger partial charge in [0.1, 0.15) is 0 Å². The van der Waals surface area contributed by atoms with Gasteiger partial charge >= 0.3 is 0 Å². The molecule has 0 atom stereocenters. The first-order valence-electron chi connectivity index (χ1n) is 7.72. The minimum atomic E-state index is -0.507. The van der Waals surface area contributed by atoms with E-state index in [0.29, 0.717) is 10.8 Å². The lowest BCUT2D eigenvalue weighted by molar-refractivity contribution is 0.0951. The van der Waals surface area contributed by atoms with Gasteiger partial charge in [0, 0.05) is 17.1 Å². The zero-order valence-electron chi connectivity index (χ0n) is 14.1. The number of rotatable bonds is 3. The summed E-state index contributed by atoms with van der Waals surface area (Å²) in [7, 11) is 0. The number of hydrazone groups is 1. The number of hydrogen-bond acceptors (Lipinski definition) is 5. The van der Waals surface area contributed by atoms with Crippen molar-refractivity contribution in [1.29, 1.82) is 0 Å². The van der Waals surface area contributed by atoms with E-state index in [9.17, 15) is 9.59 Å². The van der Waals surface area contributed by atoms with Crippen LogP contribution in [-0.4, -0.2) is 32.1 Å². The van der Waals surface area contributed by atoms with Gasteiger partial charge in [0.25, 0.3) is 11.5 Å². The number of benzene rings is 1. The van der Waals surface area contributed by atoms with Gasteiger partial charge in [-0.3, -0.25) is 14.3 Å². The molecule has 0 aliphatic heterocycles. The lowest BCUT2D eigenvalue weighted by Gasteiger charge is -2.18. The van der Waals surface area contributed by atoms with Gasteiger partial charge in [-0.25, -0.2) is 10.5 Å². The van der Waals surface area contributed by atoms with E-state index in [-0.39, 0.29) is 16.8 Å². The predicted octanol–water partition coefficient (Wildman–Crippen LogP) is 1.64. The van der Waals surface area contributed by atoms with Gasteiger partial charge in [0.05, 0.1) is 23.3 Å². The van der Waals surface area contributed by atoms with Crippen molar-refractivity contribution < 1.29 is 4.79 Å². The van der Waals surface area contributed by atoms with Crippen LogP contribution in [0.5, 0.6) is 0 Å². The molecule has 0 fully saturated rings. The highest BCUT2D eigenvalue weighted by atomic mass is 16.2. The van der Waals surface area contributed by atoms with E-state index in [4.69, 9.17) is 0 Å². The van der Waals surface area contributed by atoms with Gasteiger partial charge in [-0.15, -0.1) is 0 Å². The van der Waals surface area contributed by atoms with E-state index in [1.54, 1.807) is 30.5 Å². The van der Waals surface area contributed by atoms with E-state index >= 15 is 0 Å². The van der Waals surface area contributed by atoms with Gasteiger partial charge in [0.15, 0.2) is 5.69 Å². The van der Waals surface area contributed by atoms with Crippen LogP contribution in [0.25, 0.3) is 10.8 Å². The molecule has 25 heavy (non-hydrogen) atoms. The number of hydrogen-bond donors (Lipinski definition) is 2. The highest BCUT2D eigenvalue weighted by Gasteiger charge is 2.14. The molecule has 2 aromatic heterocycles. The summed E-state index contributed by atoms with van der Waals surface area (Å²) in [4.78, 5) is 24.0.